The lowest BCUT2D eigenvalue weighted by Gasteiger charge is -2.15. The lowest BCUT2D eigenvalue weighted by atomic mass is 10.1. The Bertz CT molecular complexity index is 936. The molecule has 1 atom stereocenters. The zero-order chi connectivity index (χ0) is 17.3. The number of carboxylic acid groups (broad SMARTS) is 1. The van der Waals surface area contributed by atoms with Gasteiger partial charge < -0.3 is 15.4 Å². The summed E-state index contributed by atoms with van der Waals surface area (Å²) in [4.78, 5) is 26.8. The SMILES string of the molecule is O=C(NC(C(=O)O)c1ccc(F)c(F)c1)c1cccc2cc[nH]c12. The molecule has 1 heterocycles. The molecule has 0 bridgehead atoms. The molecular weight excluding hydrogens is 318 g/mol. The molecule has 1 amide bonds. The number of hydrogen-bond acceptors (Lipinski definition) is 2. The summed E-state index contributed by atoms with van der Waals surface area (Å²) in [6.07, 6.45) is 1.66. The Labute approximate surface area is 134 Å². The van der Waals surface area contributed by atoms with Crippen molar-refractivity contribution in [2.75, 3.05) is 0 Å². The Morgan fingerprint density at radius 1 is 1.08 bits per heavy atom. The number of fused-ring (bicyclic) bond motifs is 1. The normalized spacial score (nSPS) is 12.1. The number of carboxylic acids is 1. The van der Waals surface area contributed by atoms with E-state index in [2.05, 4.69) is 10.3 Å². The quantitative estimate of drug-likeness (QED) is 0.688. The van der Waals surface area contributed by atoms with Crippen molar-refractivity contribution in [3.63, 3.8) is 0 Å². The predicted molar refractivity (Wildman–Crippen MR) is 82.5 cm³/mol. The second-order valence-electron chi connectivity index (χ2n) is 5.17. The third-order valence-electron chi connectivity index (χ3n) is 3.63. The van der Waals surface area contributed by atoms with Crippen LogP contribution in [0.25, 0.3) is 10.9 Å². The summed E-state index contributed by atoms with van der Waals surface area (Å²) in [5.74, 6) is -4.29. The van der Waals surface area contributed by atoms with Crippen molar-refractivity contribution < 1.29 is 23.5 Å². The molecule has 122 valence electrons. The fourth-order valence-corrected chi connectivity index (χ4v) is 2.46. The lowest BCUT2D eigenvalue weighted by molar-refractivity contribution is -0.139. The monoisotopic (exact) mass is 330 g/mol. The number of para-hydroxylation sites is 1. The average Bonchev–Trinajstić information content (AvgIpc) is 3.03. The summed E-state index contributed by atoms with van der Waals surface area (Å²) >= 11 is 0. The number of halogens is 2. The van der Waals surface area contributed by atoms with Gasteiger partial charge in [0.05, 0.1) is 11.1 Å². The van der Waals surface area contributed by atoms with Crippen LogP contribution in [0.15, 0.2) is 48.7 Å². The van der Waals surface area contributed by atoms with Crippen molar-refractivity contribution in [2.24, 2.45) is 0 Å². The first kappa shape index (κ1) is 15.7. The van der Waals surface area contributed by atoms with Gasteiger partial charge in [-0.1, -0.05) is 18.2 Å². The van der Waals surface area contributed by atoms with Gasteiger partial charge in [0.25, 0.3) is 5.91 Å². The number of carbonyl (C=O) groups excluding carboxylic acids is 1. The molecule has 3 N–H and O–H groups in total. The van der Waals surface area contributed by atoms with E-state index in [1.807, 2.05) is 0 Å². The molecule has 3 aromatic rings. The molecular formula is C17H12F2N2O3. The van der Waals surface area contributed by atoms with Crippen LogP contribution in [0.2, 0.25) is 0 Å². The molecule has 0 aliphatic carbocycles. The van der Waals surface area contributed by atoms with Gasteiger partial charge in [-0.25, -0.2) is 13.6 Å². The molecule has 2 aromatic carbocycles. The molecule has 0 spiro atoms. The van der Waals surface area contributed by atoms with Crippen LogP contribution >= 0.6 is 0 Å². The van der Waals surface area contributed by atoms with Gasteiger partial charge in [0.15, 0.2) is 17.7 Å². The van der Waals surface area contributed by atoms with Crippen LogP contribution in [-0.2, 0) is 4.79 Å². The number of aromatic amines is 1. The summed E-state index contributed by atoms with van der Waals surface area (Å²) in [6, 6.07) is 7.96. The number of aromatic nitrogens is 1. The van der Waals surface area contributed by atoms with Crippen LogP contribution in [0, 0.1) is 11.6 Å². The van der Waals surface area contributed by atoms with Crippen molar-refractivity contribution in [1.29, 1.82) is 0 Å². The molecule has 1 unspecified atom stereocenters. The van der Waals surface area contributed by atoms with Gasteiger partial charge in [0.2, 0.25) is 0 Å². The van der Waals surface area contributed by atoms with Gasteiger partial charge in [-0.05, 0) is 29.8 Å². The highest BCUT2D eigenvalue weighted by Crippen LogP contribution is 2.20. The van der Waals surface area contributed by atoms with Crippen molar-refractivity contribution in [2.45, 2.75) is 6.04 Å². The molecule has 0 saturated heterocycles. The third-order valence-corrected chi connectivity index (χ3v) is 3.63. The van der Waals surface area contributed by atoms with E-state index in [1.165, 1.54) is 0 Å². The zero-order valence-corrected chi connectivity index (χ0v) is 12.2. The van der Waals surface area contributed by atoms with Crippen molar-refractivity contribution in [1.82, 2.24) is 10.3 Å². The van der Waals surface area contributed by atoms with E-state index in [-0.39, 0.29) is 11.1 Å². The largest absolute Gasteiger partial charge is 0.479 e. The molecule has 7 heteroatoms. The Morgan fingerprint density at radius 2 is 1.88 bits per heavy atom. The van der Waals surface area contributed by atoms with Gasteiger partial charge >= 0.3 is 5.97 Å². The molecule has 1 aromatic heterocycles. The Hall–Kier alpha value is -3.22. The molecule has 3 rings (SSSR count). The summed E-state index contributed by atoms with van der Waals surface area (Å²) < 4.78 is 26.4. The maximum absolute atomic E-state index is 13.3. The second-order valence-corrected chi connectivity index (χ2v) is 5.17. The van der Waals surface area contributed by atoms with Crippen LogP contribution in [-0.4, -0.2) is 22.0 Å². The van der Waals surface area contributed by atoms with Gasteiger partial charge in [-0.3, -0.25) is 4.79 Å². The van der Waals surface area contributed by atoms with Crippen LogP contribution in [0.4, 0.5) is 8.78 Å². The third kappa shape index (κ3) is 2.83. The van der Waals surface area contributed by atoms with E-state index >= 15 is 0 Å². The van der Waals surface area contributed by atoms with Crippen molar-refractivity contribution in [3.05, 3.63) is 71.4 Å². The number of nitrogens with one attached hydrogen (secondary N) is 2. The molecule has 0 fully saturated rings. The van der Waals surface area contributed by atoms with Crippen LogP contribution in [0.5, 0.6) is 0 Å². The number of hydrogen-bond donors (Lipinski definition) is 3. The summed E-state index contributed by atoms with van der Waals surface area (Å²) in [7, 11) is 0. The van der Waals surface area contributed by atoms with Gasteiger partial charge in [-0.15, -0.1) is 0 Å². The van der Waals surface area contributed by atoms with Crippen LogP contribution in [0.3, 0.4) is 0 Å². The number of rotatable bonds is 4. The summed E-state index contributed by atoms with van der Waals surface area (Å²) in [5.41, 5.74) is 0.754. The number of carbonyl (C=O) groups is 2. The standard InChI is InChI=1S/C17H12F2N2O3/c18-12-5-4-10(8-13(12)19)15(17(23)24)21-16(22)11-3-1-2-9-6-7-20-14(9)11/h1-8,15,20H,(H,21,22)(H,23,24). The maximum atomic E-state index is 13.3. The van der Waals surface area contributed by atoms with Gasteiger partial charge in [0, 0.05) is 11.6 Å². The van der Waals surface area contributed by atoms with Crippen molar-refractivity contribution >= 4 is 22.8 Å². The fraction of sp³-hybridized carbons (Fsp3) is 0.0588. The number of amides is 1. The Kier molecular flexibility index (Phi) is 3.99. The van der Waals surface area contributed by atoms with E-state index in [9.17, 15) is 23.5 Å². The highest BCUT2D eigenvalue weighted by molar-refractivity contribution is 6.06. The molecule has 0 radical (unpaired) electrons. The number of benzene rings is 2. The lowest BCUT2D eigenvalue weighted by Crippen LogP contribution is -2.34. The van der Waals surface area contributed by atoms with E-state index in [4.69, 9.17) is 0 Å². The first-order valence-corrected chi connectivity index (χ1v) is 7.02. The smallest absolute Gasteiger partial charge is 0.330 e. The van der Waals surface area contributed by atoms with Crippen LogP contribution < -0.4 is 5.32 Å². The molecule has 5 nitrogen and oxygen atoms in total. The molecule has 0 aliphatic heterocycles. The fourth-order valence-electron chi connectivity index (χ4n) is 2.46. The first-order valence-electron chi connectivity index (χ1n) is 7.02. The van der Waals surface area contributed by atoms with E-state index < -0.39 is 29.6 Å². The Balaban J connectivity index is 1.93. The summed E-state index contributed by atoms with van der Waals surface area (Å²) in [5, 5.41) is 12.4. The topological polar surface area (TPSA) is 82.2 Å². The maximum Gasteiger partial charge on any atom is 0.330 e. The zero-order valence-electron chi connectivity index (χ0n) is 12.2. The first-order chi connectivity index (χ1) is 11.5. The summed E-state index contributed by atoms with van der Waals surface area (Å²) in [6.45, 7) is 0. The number of H-pyrrole nitrogens is 1. The molecule has 0 aliphatic rings. The minimum absolute atomic E-state index is 0.0617. The van der Waals surface area contributed by atoms with Gasteiger partial charge in [-0.2, -0.15) is 0 Å². The second kappa shape index (κ2) is 6.11. The van der Waals surface area contributed by atoms with E-state index in [1.54, 1.807) is 30.5 Å². The van der Waals surface area contributed by atoms with Crippen molar-refractivity contribution in [3.8, 4) is 0 Å². The van der Waals surface area contributed by atoms with E-state index in [0.717, 1.165) is 23.6 Å². The number of aliphatic carboxylic acids is 1. The minimum Gasteiger partial charge on any atom is -0.479 e. The average molecular weight is 330 g/mol. The highest BCUT2D eigenvalue weighted by Gasteiger charge is 2.24. The van der Waals surface area contributed by atoms with Crippen LogP contribution in [0.1, 0.15) is 22.0 Å². The predicted octanol–water partition coefficient (Wildman–Crippen LogP) is 3.00. The molecule has 0 saturated carbocycles. The Morgan fingerprint density at radius 3 is 2.58 bits per heavy atom. The minimum atomic E-state index is -1.50. The highest BCUT2D eigenvalue weighted by atomic mass is 19.2. The van der Waals surface area contributed by atoms with E-state index in [0.29, 0.717) is 5.52 Å². The van der Waals surface area contributed by atoms with Gasteiger partial charge in [0.1, 0.15) is 0 Å². The molecule has 24 heavy (non-hydrogen) atoms.